The fourth-order valence-electron chi connectivity index (χ4n) is 4.24. The van der Waals surface area contributed by atoms with Crippen LogP contribution in [0.3, 0.4) is 0 Å². The first kappa shape index (κ1) is 22.0. The van der Waals surface area contributed by atoms with Gasteiger partial charge in [0.1, 0.15) is 6.04 Å². The lowest BCUT2D eigenvalue weighted by Gasteiger charge is -2.31. The van der Waals surface area contributed by atoms with Gasteiger partial charge in [-0.2, -0.15) is 0 Å². The molecule has 3 atom stereocenters. The van der Waals surface area contributed by atoms with E-state index >= 15 is 0 Å². The molecule has 0 saturated carbocycles. The molecule has 7 heteroatoms. The second-order valence-corrected chi connectivity index (χ2v) is 8.61. The minimum absolute atomic E-state index is 0.0321. The molecule has 2 amide bonds. The Hall–Kier alpha value is -2.67. The van der Waals surface area contributed by atoms with E-state index in [1.807, 2.05) is 49.2 Å². The number of hydrogen-bond acceptors (Lipinski definition) is 4. The molecule has 1 aliphatic heterocycles. The van der Waals surface area contributed by atoms with Crippen LogP contribution in [0.25, 0.3) is 10.9 Å². The zero-order valence-corrected chi connectivity index (χ0v) is 18.2. The highest BCUT2D eigenvalue weighted by Crippen LogP contribution is 2.28. The Kier molecular flexibility index (Phi) is 6.61. The molecule has 0 aliphatic carbocycles. The highest BCUT2D eigenvalue weighted by molar-refractivity contribution is 5.94. The molecule has 3 rings (SSSR count). The van der Waals surface area contributed by atoms with Crippen LogP contribution in [0.2, 0.25) is 0 Å². The van der Waals surface area contributed by atoms with Crippen molar-refractivity contribution >= 4 is 28.6 Å². The molecule has 1 fully saturated rings. The van der Waals surface area contributed by atoms with Gasteiger partial charge < -0.3 is 16.0 Å². The molecule has 30 heavy (non-hydrogen) atoms. The first-order chi connectivity index (χ1) is 14.2. The number of carbonyl (C=O) groups excluding carboxylic acids is 3. The van der Waals surface area contributed by atoms with Crippen LogP contribution < -0.4 is 11.1 Å². The van der Waals surface area contributed by atoms with Crippen LogP contribution in [0.4, 0.5) is 0 Å². The van der Waals surface area contributed by atoms with Crippen molar-refractivity contribution in [2.45, 2.75) is 65.1 Å². The van der Waals surface area contributed by atoms with Crippen molar-refractivity contribution in [2.75, 3.05) is 6.54 Å². The van der Waals surface area contributed by atoms with E-state index in [-0.39, 0.29) is 29.7 Å². The third-order valence-corrected chi connectivity index (χ3v) is 5.89. The number of likely N-dealkylation sites (tertiary alicyclic amines) is 1. The zero-order valence-electron chi connectivity index (χ0n) is 18.2. The van der Waals surface area contributed by atoms with Gasteiger partial charge >= 0.3 is 0 Å². The predicted molar refractivity (Wildman–Crippen MR) is 117 cm³/mol. The van der Waals surface area contributed by atoms with E-state index < -0.39 is 12.1 Å². The minimum atomic E-state index is -0.661. The summed E-state index contributed by atoms with van der Waals surface area (Å²) in [7, 11) is 0. The van der Waals surface area contributed by atoms with Crippen LogP contribution in [0.15, 0.2) is 30.5 Å². The Bertz CT molecular complexity index is 947. The van der Waals surface area contributed by atoms with Gasteiger partial charge in [0.2, 0.25) is 17.7 Å². The molecule has 3 N–H and O–H groups in total. The lowest BCUT2D eigenvalue weighted by molar-refractivity contribution is -0.138. The Balaban J connectivity index is 1.84. The maximum atomic E-state index is 13.3. The monoisotopic (exact) mass is 412 g/mol. The van der Waals surface area contributed by atoms with Crippen molar-refractivity contribution in [3.63, 3.8) is 0 Å². The number of carbonyl (C=O) groups is 3. The summed E-state index contributed by atoms with van der Waals surface area (Å²) in [5.74, 6) is -0.449. The molecule has 1 aromatic carbocycles. The fraction of sp³-hybridized carbons (Fsp3) is 0.522. The Morgan fingerprint density at radius 3 is 2.53 bits per heavy atom. The minimum Gasteiger partial charge on any atom is -0.343 e. The zero-order chi connectivity index (χ0) is 22.0. The van der Waals surface area contributed by atoms with E-state index in [9.17, 15) is 14.4 Å². The number of hydrogen-bond donors (Lipinski definition) is 2. The van der Waals surface area contributed by atoms with Gasteiger partial charge in [0.15, 0.2) is 0 Å². The quantitative estimate of drug-likeness (QED) is 0.761. The first-order valence-corrected chi connectivity index (χ1v) is 10.7. The van der Waals surface area contributed by atoms with E-state index in [0.717, 1.165) is 29.3 Å². The van der Waals surface area contributed by atoms with Gasteiger partial charge in [-0.25, -0.2) is 0 Å². The number of para-hydroxylation sites is 1. The average molecular weight is 413 g/mol. The lowest BCUT2D eigenvalue weighted by atomic mass is 9.99. The van der Waals surface area contributed by atoms with E-state index in [2.05, 4.69) is 5.32 Å². The van der Waals surface area contributed by atoms with Crippen LogP contribution in [0.1, 0.15) is 50.9 Å². The summed E-state index contributed by atoms with van der Waals surface area (Å²) < 4.78 is 1.67. The molecule has 1 saturated heterocycles. The summed E-state index contributed by atoms with van der Waals surface area (Å²) in [5.41, 5.74) is 7.63. The fourth-order valence-corrected chi connectivity index (χ4v) is 4.24. The Morgan fingerprint density at radius 1 is 1.20 bits per heavy atom. The molecule has 0 bridgehead atoms. The predicted octanol–water partition coefficient (Wildman–Crippen LogP) is 2.32. The van der Waals surface area contributed by atoms with Gasteiger partial charge in [-0.1, -0.05) is 32.0 Å². The number of nitrogens with zero attached hydrogens (tertiary/aromatic N) is 2. The first-order valence-electron chi connectivity index (χ1n) is 10.7. The van der Waals surface area contributed by atoms with Crippen LogP contribution >= 0.6 is 0 Å². The number of fused-ring (bicyclic) bond motifs is 1. The van der Waals surface area contributed by atoms with E-state index in [1.54, 1.807) is 18.4 Å². The molecule has 0 unspecified atom stereocenters. The Labute approximate surface area is 177 Å². The van der Waals surface area contributed by atoms with Gasteiger partial charge in [-0.15, -0.1) is 0 Å². The number of nitrogens with two attached hydrogens (primary N) is 1. The summed E-state index contributed by atoms with van der Waals surface area (Å²) in [6, 6.07) is 6.63. The number of aromatic nitrogens is 1. The van der Waals surface area contributed by atoms with Gasteiger partial charge in [0.05, 0.1) is 11.6 Å². The lowest BCUT2D eigenvalue weighted by Crippen LogP contribution is -2.55. The number of rotatable bonds is 6. The largest absolute Gasteiger partial charge is 0.343 e. The van der Waals surface area contributed by atoms with Gasteiger partial charge in [0, 0.05) is 31.1 Å². The summed E-state index contributed by atoms with van der Waals surface area (Å²) in [4.78, 5) is 39.4. The van der Waals surface area contributed by atoms with Gasteiger partial charge in [0.25, 0.3) is 0 Å². The average Bonchev–Trinajstić information content (AvgIpc) is 3.30. The molecular formula is C23H32N4O3. The molecule has 162 valence electrons. The van der Waals surface area contributed by atoms with Crippen molar-refractivity contribution in [1.82, 2.24) is 14.8 Å². The van der Waals surface area contributed by atoms with Crippen LogP contribution in [-0.2, 0) is 16.0 Å². The van der Waals surface area contributed by atoms with Crippen LogP contribution in [-0.4, -0.2) is 51.9 Å². The summed E-state index contributed by atoms with van der Waals surface area (Å²) in [6.07, 6.45) is 4.40. The SMILES string of the molecule is CC(=O)n1cc(C[C@@H]2CCCN2C(=O)[C@@H](NC(=O)[C@H](C)N)C(C)C)c2ccccc21. The number of nitrogens with one attached hydrogen (secondary N) is 1. The summed E-state index contributed by atoms with van der Waals surface area (Å²) >= 11 is 0. The Morgan fingerprint density at radius 2 is 1.90 bits per heavy atom. The normalized spacial score (nSPS) is 18.6. The highest BCUT2D eigenvalue weighted by Gasteiger charge is 2.36. The van der Waals surface area contributed by atoms with Crippen molar-refractivity contribution in [2.24, 2.45) is 11.7 Å². The van der Waals surface area contributed by atoms with Crippen LogP contribution in [0.5, 0.6) is 0 Å². The van der Waals surface area contributed by atoms with Crippen molar-refractivity contribution in [3.8, 4) is 0 Å². The molecule has 1 aliphatic rings. The highest BCUT2D eigenvalue weighted by atomic mass is 16.2. The maximum Gasteiger partial charge on any atom is 0.245 e. The molecular weight excluding hydrogens is 380 g/mol. The van der Waals surface area contributed by atoms with Crippen molar-refractivity contribution in [1.29, 1.82) is 0 Å². The summed E-state index contributed by atoms with van der Waals surface area (Å²) in [5, 5.41) is 3.86. The number of benzene rings is 1. The van der Waals surface area contributed by atoms with Crippen molar-refractivity contribution in [3.05, 3.63) is 36.0 Å². The van der Waals surface area contributed by atoms with Gasteiger partial charge in [-0.05, 0) is 43.7 Å². The smallest absolute Gasteiger partial charge is 0.245 e. The second kappa shape index (κ2) is 9.00. The van der Waals surface area contributed by atoms with E-state index in [0.29, 0.717) is 13.0 Å². The van der Waals surface area contributed by atoms with E-state index in [4.69, 9.17) is 5.73 Å². The third kappa shape index (κ3) is 4.41. The molecule has 7 nitrogen and oxygen atoms in total. The maximum absolute atomic E-state index is 13.3. The molecule has 2 aromatic rings. The standard InChI is InChI=1S/C23H32N4O3/c1-14(2)21(25-22(29)15(3)24)23(30)26-11-7-8-18(26)12-17-13-27(16(4)28)20-10-6-5-9-19(17)20/h5-6,9-10,13-15,18,21H,7-8,11-12,24H2,1-4H3,(H,25,29)/t15-,18-,21-/m0/s1. The van der Waals surface area contributed by atoms with Gasteiger partial charge in [-0.3, -0.25) is 19.0 Å². The second-order valence-electron chi connectivity index (χ2n) is 8.61. The van der Waals surface area contributed by atoms with Crippen molar-refractivity contribution < 1.29 is 14.4 Å². The number of amides is 2. The molecule has 0 radical (unpaired) electrons. The topological polar surface area (TPSA) is 97.4 Å². The molecule has 2 heterocycles. The summed E-state index contributed by atoms with van der Waals surface area (Å²) in [6.45, 7) is 7.69. The van der Waals surface area contributed by atoms with E-state index in [1.165, 1.54) is 0 Å². The van der Waals surface area contributed by atoms with Crippen LogP contribution in [0, 0.1) is 5.92 Å². The molecule has 1 aromatic heterocycles. The molecule has 0 spiro atoms. The third-order valence-electron chi connectivity index (χ3n) is 5.89.